The minimum atomic E-state index is 0.548. The van der Waals surface area contributed by atoms with E-state index in [1.54, 1.807) is 32.7 Å². The van der Waals surface area contributed by atoms with Crippen LogP contribution < -0.4 is 19.0 Å². The monoisotopic (exact) mass is 451 g/mol. The standard InChI is InChI=1S/C25H29N3O3S/c1-17(2)15-26-25-28(27-18(3)13-19-7-9-20(29-4)10-8-19)23(16-32-25)22-12-11-21(30-5)14-24(22)31-6/h7-12,14,16H,1,13,15H2,2-6H3. The Kier molecular flexibility index (Phi) is 7.89. The van der Waals surface area contributed by atoms with Crippen molar-refractivity contribution in [2.45, 2.75) is 20.3 Å². The van der Waals surface area contributed by atoms with Crippen LogP contribution in [0.25, 0.3) is 11.3 Å². The van der Waals surface area contributed by atoms with Crippen LogP contribution in [0.4, 0.5) is 0 Å². The highest BCUT2D eigenvalue weighted by Crippen LogP contribution is 2.33. The third kappa shape index (κ3) is 5.68. The van der Waals surface area contributed by atoms with Gasteiger partial charge in [0.1, 0.15) is 17.2 Å². The van der Waals surface area contributed by atoms with Crippen LogP contribution in [0.5, 0.6) is 17.2 Å². The summed E-state index contributed by atoms with van der Waals surface area (Å²) in [6.07, 6.45) is 0.714. The minimum absolute atomic E-state index is 0.548. The summed E-state index contributed by atoms with van der Waals surface area (Å²) in [7, 11) is 4.96. The summed E-state index contributed by atoms with van der Waals surface area (Å²) in [5.41, 5.74) is 4.93. The Bertz CT molecular complexity index is 1170. The largest absolute Gasteiger partial charge is 0.497 e. The van der Waals surface area contributed by atoms with E-state index in [1.165, 1.54) is 0 Å². The van der Waals surface area contributed by atoms with Crippen LogP contribution >= 0.6 is 11.3 Å². The molecule has 0 bridgehead atoms. The molecule has 0 spiro atoms. The number of hydrogen-bond acceptors (Lipinski definition) is 6. The van der Waals surface area contributed by atoms with E-state index in [1.807, 2.05) is 54.2 Å². The van der Waals surface area contributed by atoms with Crippen molar-refractivity contribution < 1.29 is 14.2 Å². The van der Waals surface area contributed by atoms with Crippen LogP contribution in [0.3, 0.4) is 0 Å². The van der Waals surface area contributed by atoms with E-state index in [0.717, 1.165) is 44.4 Å². The Hall–Kier alpha value is -3.32. The lowest BCUT2D eigenvalue weighted by atomic mass is 10.1. The lowest BCUT2D eigenvalue weighted by Crippen LogP contribution is -2.15. The maximum Gasteiger partial charge on any atom is 0.206 e. The predicted octanol–water partition coefficient (Wildman–Crippen LogP) is 5.19. The second-order valence-electron chi connectivity index (χ2n) is 7.41. The summed E-state index contributed by atoms with van der Waals surface area (Å²) in [6, 6.07) is 13.8. The maximum atomic E-state index is 5.63. The summed E-state index contributed by atoms with van der Waals surface area (Å²) in [5, 5.41) is 6.98. The van der Waals surface area contributed by atoms with Gasteiger partial charge in [-0.1, -0.05) is 24.3 Å². The van der Waals surface area contributed by atoms with Crippen LogP contribution in [-0.2, 0) is 6.42 Å². The molecule has 0 aliphatic rings. The molecule has 0 aliphatic heterocycles. The maximum absolute atomic E-state index is 5.63. The average molecular weight is 452 g/mol. The molecular formula is C25H29N3O3S. The Balaban J connectivity index is 2.06. The van der Waals surface area contributed by atoms with E-state index in [9.17, 15) is 0 Å². The predicted molar refractivity (Wildman–Crippen MR) is 131 cm³/mol. The molecule has 0 atom stereocenters. The second-order valence-corrected chi connectivity index (χ2v) is 8.25. The number of methoxy groups -OCH3 is 3. The van der Waals surface area contributed by atoms with Gasteiger partial charge >= 0.3 is 0 Å². The number of aromatic nitrogens is 1. The van der Waals surface area contributed by atoms with Gasteiger partial charge in [-0.3, -0.25) is 4.99 Å². The van der Waals surface area contributed by atoms with Gasteiger partial charge < -0.3 is 14.2 Å². The van der Waals surface area contributed by atoms with E-state index in [2.05, 4.69) is 18.7 Å². The van der Waals surface area contributed by atoms with Gasteiger partial charge in [0.05, 0.1) is 33.6 Å². The number of ether oxygens (including phenoxy) is 3. The van der Waals surface area contributed by atoms with Crippen LogP contribution in [0, 0.1) is 0 Å². The fourth-order valence-electron chi connectivity index (χ4n) is 3.15. The zero-order valence-corrected chi connectivity index (χ0v) is 20.0. The van der Waals surface area contributed by atoms with E-state index in [0.29, 0.717) is 18.7 Å². The normalized spacial score (nSPS) is 12.0. The van der Waals surface area contributed by atoms with E-state index < -0.39 is 0 Å². The van der Waals surface area contributed by atoms with Gasteiger partial charge in [-0.05, 0) is 43.7 Å². The third-order valence-corrected chi connectivity index (χ3v) is 5.60. The fraction of sp³-hybridized carbons (Fsp3) is 0.280. The molecule has 6 nitrogen and oxygen atoms in total. The van der Waals surface area contributed by atoms with Crippen LogP contribution in [0.2, 0.25) is 0 Å². The number of thiazole rings is 1. The Labute approximate surface area is 193 Å². The van der Waals surface area contributed by atoms with Crippen molar-refractivity contribution in [2.24, 2.45) is 10.1 Å². The van der Waals surface area contributed by atoms with Gasteiger partial charge in [0.15, 0.2) is 0 Å². The molecule has 3 aromatic rings. The van der Waals surface area contributed by atoms with Gasteiger partial charge in [0, 0.05) is 29.1 Å². The van der Waals surface area contributed by atoms with Crippen molar-refractivity contribution in [1.29, 1.82) is 0 Å². The first-order valence-electron chi connectivity index (χ1n) is 10.2. The minimum Gasteiger partial charge on any atom is -0.497 e. The molecule has 1 heterocycles. The Morgan fingerprint density at radius 1 is 0.969 bits per heavy atom. The van der Waals surface area contributed by atoms with Gasteiger partial charge in [0.2, 0.25) is 4.80 Å². The summed E-state index contributed by atoms with van der Waals surface area (Å²) in [6.45, 7) is 8.50. The molecular weight excluding hydrogens is 422 g/mol. The highest BCUT2D eigenvalue weighted by molar-refractivity contribution is 7.07. The number of hydrogen-bond donors (Lipinski definition) is 0. The van der Waals surface area contributed by atoms with Gasteiger partial charge in [-0.2, -0.15) is 5.10 Å². The second kappa shape index (κ2) is 10.8. The van der Waals surface area contributed by atoms with Crippen molar-refractivity contribution in [3.63, 3.8) is 0 Å². The van der Waals surface area contributed by atoms with Gasteiger partial charge in [-0.25, -0.2) is 4.68 Å². The lowest BCUT2D eigenvalue weighted by Gasteiger charge is -2.11. The molecule has 2 aromatic carbocycles. The zero-order chi connectivity index (χ0) is 23.1. The number of benzene rings is 2. The third-order valence-electron chi connectivity index (χ3n) is 4.74. The van der Waals surface area contributed by atoms with Gasteiger partial charge in [-0.15, -0.1) is 11.3 Å². The van der Waals surface area contributed by atoms with E-state index in [4.69, 9.17) is 24.3 Å². The van der Waals surface area contributed by atoms with Crippen LogP contribution in [0.1, 0.15) is 19.4 Å². The fourth-order valence-corrected chi connectivity index (χ4v) is 3.97. The highest BCUT2D eigenvalue weighted by Gasteiger charge is 2.14. The topological polar surface area (TPSA) is 57.3 Å². The first-order valence-corrected chi connectivity index (χ1v) is 11.1. The molecule has 0 unspecified atom stereocenters. The van der Waals surface area contributed by atoms with Crippen molar-refractivity contribution in [1.82, 2.24) is 4.68 Å². The molecule has 0 saturated carbocycles. The molecule has 0 saturated heterocycles. The number of rotatable bonds is 9. The Morgan fingerprint density at radius 3 is 2.28 bits per heavy atom. The van der Waals surface area contributed by atoms with Crippen LogP contribution in [0.15, 0.2) is 70.1 Å². The molecule has 7 heteroatoms. The lowest BCUT2D eigenvalue weighted by molar-refractivity contribution is 0.395. The van der Waals surface area contributed by atoms with E-state index >= 15 is 0 Å². The summed E-state index contributed by atoms with van der Waals surface area (Å²) in [5.74, 6) is 2.29. The average Bonchev–Trinajstić information content (AvgIpc) is 3.19. The Morgan fingerprint density at radius 2 is 1.66 bits per heavy atom. The molecule has 0 amide bonds. The first kappa shape index (κ1) is 23.3. The zero-order valence-electron chi connectivity index (χ0n) is 19.2. The van der Waals surface area contributed by atoms with Crippen molar-refractivity contribution >= 4 is 17.0 Å². The molecule has 0 aliphatic carbocycles. The van der Waals surface area contributed by atoms with E-state index in [-0.39, 0.29) is 0 Å². The van der Waals surface area contributed by atoms with Crippen molar-refractivity contribution in [3.05, 3.63) is 70.4 Å². The molecule has 168 valence electrons. The molecule has 0 radical (unpaired) electrons. The van der Waals surface area contributed by atoms with Crippen molar-refractivity contribution in [3.8, 4) is 28.5 Å². The smallest absolute Gasteiger partial charge is 0.206 e. The summed E-state index contributed by atoms with van der Waals surface area (Å²) in [4.78, 5) is 5.52. The molecule has 3 rings (SSSR count). The highest BCUT2D eigenvalue weighted by atomic mass is 32.1. The summed E-state index contributed by atoms with van der Waals surface area (Å²) < 4.78 is 18.1. The summed E-state index contributed by atoms with van der Waals surface area (Å²) >= 11 is 1.54. The molecule has 0 fully saturated rings. The molecule has 32 heavy (non-hydrogen) atoms. The van der Waals surface area contributed by atoms with Crippen LogP contribution in [-0.4, -0.2) is 38.3 Å². The quantitative estimate of drug-likeness (QED) is 0.332. The van der Waals surface area contributed by atoms with Crippen molar-refractivity contribution in [2.75, 3.05) is 27.9 Å². The molecule has 1 aromatic heterocycles. The molecule has 0 N–H and O–H groups in total. The first-order chi connectivity index (χ1) is 15.4. The number of nitrogens with zero attached hydrogens (tertiary/aromatic N) is 3. The SMILES string of the molecule is C=C(C)CN=c1scc(-c2ccc(OC)cc2OC)n1N=C(C)Cc1ccc(OC)cc1. The van der Waals surface area contributed by atoms with Gasteiger partial charge in [0.25, 0.3) is 0 Å².